The molecule has 0 bridgehead atoms. The minimum atomic E-state index is -0.155. The number of hydrogen-bond donors (Lipinski definition) is 2. The van der Waals surface area contributed by atoms with Crippen LogP contribution in [0.1, 0.15) is 21.7 Å². The molecule has 0 saturated carbocycles. The van der Waals surface area contributed by atoms with Gasteiger partial charge in [0.05, 0.1) is 12.2 Å². The molecule has 1 amide bonds. The van der Waals surface area contributed by atoms with Crippen molar-refractivity contribution >= 4 is 22.8 Å². The van der Waals surface area contributed by atoms with Crippen molar-refractivity contribution < 1.29 is 4.79 Å². The minimum Gasteiger partial charge on any atom is -0.357 e. The van der Waals surface area contributed by atoms with Crippen molar-refractivity contribution in [2.45, 2.75) is 13.1 Å². The molecule has 0 radical (unpaired) electrons. The summed E-state index contributed by atoms with van der Waals surface area (Å²) in [4.78, 5) is 22.6. The first-order valence-corrected chi connectivity index (χ1v) is 8.96. The third-order valence-corrected chi connectivity index (χ3v) is 4.57. The van der Waals surface area contributed by atoms with Crippen LogP contribution in [0, 0.1) is 0 Å². The lowest BCUT2D eigenvalue weighted by Gasteiger charge is -2.15. The Morgan fingerprint density at radius 1 is 1.21 bits per heavy atom. The molecule has 28 heavy (non-hydrogen) atoms. The smallest absolute Gasteiger partial charge is 0.274 e. The third kappa shape index (κ3) is 3.57. The van der Waals surface area contributed by atoms with Gasteiger partial charge in [-0.2, -0.15) is 5.10 Å². The number of nitrogens with one attached hydrogen (secondary N) is 2. The Bertz CT molecular complexity index is 1100. The third-order valence-electron chi connectivity index (χ3n) is 4.57. The number of hydrogen-bond acceptors (Lipinski definition) is 5. The fourth-order valence-electron chi connectivity index (χ4n) is 3.12. The SMILES string of the molecule is CNc1ncc(CN(C)C(=O)c2cc(Cn3ccc4ccccc43)[nH]n2)cn1. The summed E-state index contributed by atoms with van der Waals surface area (Å²) >= 11 is 0. The van der Waals surface area contributed by atoms with Crippen LogP contribution in [-0.4, -0.2) is 49.6 Å². The zero-order chi connectivity index (χ0) is 19.5. The highest BCUT2D eigenvalue weighted by Crippen LogP contribution is 2.17. The second-order valence-electron chi connectivity index (χ2n) is 6.61. The number of fused-ring (bicyclic) bond motifs is 1. The Morgan fingerprint density at radius 3 is 2.79 bits per heavy atom. The van der Waals surface area contributed by atoms with Crippen molar-refractivity contribution in [3.63, 3.8) is 0 Å². The second kappa shape index (κ2) is 7.51. The van der Waals surface area contributed by atoms with Gasteiger partial charge in [0.15, 0.2) is 0 Å². The topological polar surface area (TPSA) is 91.7 Å². The van der Waals surface area contributed by atoms with Crippen LogP contribution in [0.4, 0.5) is 5.95 Å². The largest absolute Gasteiger partial charge is 0.357 e. The summed E-state index contributed by atoms with van der Waals surface area (Å²) in [7, 11) is 3.50. The molecule has 8 heteroatoms. The van der Waals surface area contributed by atoms with Crippen LogP contribution in [-0.2, 0) is 13.1 Å². The predicted octanol–water partition coefficient (Wildman–Crippen LogP) is 2.52. The van der Waals surface area contributed by atoms with E-state index in [2.05, 4.69) is 48.2 Å². The van der Waals surface area contributed by atoms with Gasteiger partial charge in [0.2, 0.25) is 5.95 Å². The highest BCUT2D eigenvalue weighted by atomic mass is 16.2. The fraction of sp³-hybridized carbons (Fsp3) is 0.200. The Hall–Kier alpha value is -3.68. The lowest BCUT2D eigenvalue weighted by atomic mass is 10.2. The van der Waals surface area contributed by atoms with Crippen LogP contribution < -0.4 is 5.32 Å². The zero-order valence-corrected chi connectivity index (χ0v) is 15.8. The number of aromatic amines is 1. The summed E-state index contributed by atoms with van der Waals surface area (Å²) in [5, 5.41) is 11.2. The van der Waals surface area contributed by atoms with Crippen molar-refractivity contribution in [3.05, 3.63) is 71.9 Å². The van der Waals surface area contributed by atoms with E-state index in [1.807, 2.05) is 18.3 Å². The summed E-state index contributed by atoms with van der Waals surface area (Å²) < 4.78 is 2.13. The van der Waals surface area contributed by atoms with Gasteiger partial charge in [-0.3, -0.25) is 9.89 Å². The van der Waals surface area contributed by atoms with Gasteiger partial charge in [-0.15, -0.1) is 0 Å². The lowest BCUT2D eigenvalue weighted by molar-refractivity contribution is 0.0779. The Kier molecular flexibility index (Phi) is 4.76. The molecule has 0 spiro atoms. The van der Waals surface area contributed by atoms with E-state index >= 15 is 0 Å². The molecule has 0 fully saturated rings. The van der Waals surface area contributed by atoms with E-state index in [4.69, 9.17) is 0 Å². The van der Waals surface area contributed by atoms with E-state index in [0.29, 0.717) is 24.7 Å². The van der Waals surface area contributed by atoms with E-state index in [1.54, 1.807) is 37.5 Å². The first kappa shape index (κ1) is 17.7. The quantitative estimate of drug-likeness (QED) is 0.540. The molecule has 0 unspecified atom stereocenters. The van der Waals surface area contributed by atoms with E-state index < -0.39 is 0 Å². The van der Waals surface area contributed by atoms with Crippen LogP contribution in [0.5, 0.6) is 0 Å². The van der Waals surface area contributed by atoms with E-state index in [-0.39, 0.29) is 5.91 Å². The van der Waals surface area contributed by atoms with Gasteiger partial charge in [-0.1, -0.05) is 18.2 Å². The average Bonchev–Trinajstić information content (AvgIpc) is 3.36. The number of amides is 1. The molecule has 2 N–H and O–H groups in total. The highest BCUT2D eigenvalue weighted by Gasteiger charge is 2.16. The van der Waals surface area contributed by atoms with Crippen LogP contribution >= 0.6 is 0 Å². The highest BCUT2D eigenvalue weighted by molar-refractivity contribution is 5.92. The number of carbonyl (C=O) groups is 1. The molecule has 0 aliphatic carbocycles. The maximum absolute atomic E-state index is 12.7. The second-order valence-corrected chi connectivity index (χ2v) is 6.61. The molecule has 8 nitrogen and oxygen atoms in total. The van der Waals surface area contributed by atoms with Gasteiger partial charge in [0, 0.05) is 50.3 Å². The van der Waals surface area contributed by atoms with Crippen LogP contribution in [0.25, 0.3) is 10.9 Å². The molecule has 0 aliphatic heterocycles. The molecule has 0 saturated heterocycles. The molecule has 4 rings (SSSR count). The van der Waals surface area contributed by atoms with Crippen LogP contribution in [0.3, 0.4) is 0 Å². The normalized spacial score (nSPS) is 10.9. The maximum atomic E-state index is 12.7. The number of benzene rings is 1. The summed E-state index contributed by atoms with van der Waals surface area (Å²) in [6.07, 6.45) is 5.44. The summed E-state index contributed by atoms with van der Waals surface area (Å²) in [6.45, 7) is 1.03. The van der Waals surface area contributed by atoms with Gasteiger partial charge in [-0.25, -0.2) is 9.97 Å². The van der Waals surface area contributed by atoms with Gasteiger partial charge >= 0.3 is 0 Å². The molecular weight excluding hydrogens is 354 g/mol. The monoisotopic (exact) mass is 375 g/mol. The van der Waals surface area contributed by atoms with Gasteiger partial charge in [0.25, 0.3) is 5.91 Å². The standard InChI is InChI=1S/C20H21N7O/c1-21-20-22-10-14(11-23-20)12-26(2)19(28)17-9-16(24-25-17)13-27-8-7-15-5-3-4-6-18(15)27/h3-11H,12-13H2,1-2H3,(H,24,25)(H,21,22,23). The predicted molar refractivity (Wildman–Crippen MR) is 107 cm³/mol. The van der Waals surface area contributed by atoms with Crippen molar-refractivity contribution in [2.24, 2.45) is 0 Å². The summed E-state index contributed by atoms with van der Waals surface area (Å²) in [5.74, 6) is 0.393. The summed E-state index contributed by atoms with van der Waals surface area (Å²) in [6, 6.07) is 12.1. The molecule has 3 heterocycles. The van der Waals surface area contributed by atoms with E-state index in [9.17, 15) is 4.79 Å². The number of nitrogens with zero attached hydrogens (tertiary/aromatic N) is 5. The Balaban J connectivity index is 1.44. The first-order valence-electron chi connectivity index (χ1n) is 8.96. The molecule has 3 aromatic heterocycles. The fourth-order valence-corrected chi connectivity index (χ4v) is 3.12. The van der Waals surface area contributed by atoms with Crippen LogP contribution in [0.15, 0.2) is 55.0 Å². The van der Waals surface area contributed by atoms with E-state index in [1.165, 1.54) is 5.39 Å². The van der Waals surface area contributed by atoms with Crippen molar-refractivity contribution in [2.75, 3.05) is 19.4 Å². The number of anilines is 1. The first-order chi connectivity index (χ1) is 13.6. The molecule has 142 valence electrons. The molecule has 4 aromatic rings. The van der Waals surface area contributed by atoms with E-state index in [0.717, 1.165) is 16.8 Å². The Morgan fingerprint density at radius 2 is 2.00 bits per heavy atom. The number of rotatable bonds is 6. The van der Waals surface area contributed by atoms with Crippen molar-refractivity contribution in [3.8, 4) is 0 Å². The molecule has 0 atom stereocenters. The molecule has 0 aliphatic rings. The van der Waals surface area contributed by atoms with Gasteiger partial charge in [-0.05, 0) is 23.6 Å². The van der Waals surface area contributed by atoms with Gasteiger partial charge in [0.1, 0.15) is 5.69 Å². The number of para-hydroxylation sites is 1. The number of H-pyrrole nitrogens is 1. The molecular formula is C20H21N7O. The molecule has 1 aromatic carbocycles. The maximum Gasteiger partial charge on any atom is 0.274 e. The minimum absolute atomic E-state index is 0.155. The van der Waals surface area contributed by atoms with Crippen molar-refractivity contribution in [1.82, 2.24) is 29.6 Å². The average molecular weight is 375 g/mol. The van der Waals surface area contributed by atoms with Crippen molar-refractivity contribution in [1.29, 1.82) is 0 Å². The lowest BCUT2D eigenvalue weighted by Crippen LogP contribution is -2.26. The summed E-state index contributed by atoms with van der Waals surface area (Å²) in [5.41, 5.74) is 3.26. The number of carbonyl (C=O) groups excluding carboxylic acids is 1. The Labute approximate surface area is 162 Å². The number of aromatic nitrogens is 5. The van der Waals surface area contributed by atoms with Crippen LogP contribution in [0.2, 0.25) is 0 Å². The van der Waals surface area contributed by atoms with Gasteiger partial charge < -0.3 is 14.8 Å². The zero-order valence-electron chi connectivity index (χ0n) is 15.8.